The number of nitrogens with one attached hydrogen (secondary N) is 3. The van der Waals surface area contributed by atoms with Crippen LogP contribution in [-0.2, 0) is 0 Å². The molecular weight excluding hydrogens is 413 g/mol. The highest BCUT2D eigenvalue weighted by atomic mass is 19.1. The first kappa shape index (κ1) is 21.6. The van der Waals surface area contributed by atoms with E-state index >= 15 is 0 Å². The lowest BCUT2D eigenvalue weighted by Crippen LogP contribution is -2.22. The van der Waals surface area contributed by atoms with Crippen LogP contribution in [0.1, 0.15) is 36.8 Å². The maximum atomic E-state index is 13.8. The van der Waals surface area contributed by atoms with Gasteiger partial charge >= 0.3 is 0 Å². The molecule has 5 rings (SSSR count). The van der Waals surface area contributed by atoms with Gasteiger partial charge in [0.05, 0.1) is 5.52 Å². The fourth-order valence-corrected chi connectivity index (χ4v) is 4.52. The molecule has 0 saturated heterocycles. The Morgan fingerprint density at radius 1 is 1.24 bits per heavy atom. The van der Waals surface area contributed by atoms with Gasteiger partial charge < -0.3 is 16.0 Å². The first-order valence-corrected chi connectivity index (χ1v) is 11.7. The van der Waals surface area contributed by atoms with E-state index in [0.29, 0.717) is 23.5 Å². The Kier molecular flexibility index (Phi) is 6.09. The summed E-state index contributed by atoms with van der Waals surface area (Å²) in [5, 5.41) is 11.4. The van der Waals surface area contributed by atoms with Gasteiger partial charge in [0.25, 0.3) is 0 Å². The van der Waals surface area contributed by atoms with Crippen molar-refractivity contribution in [2.45, 2.75) is 38.6 Å². The Labute approximate surface area is 194 Å². The minimum absolute atomic E-state index is 0.223. The van der Waals surface area contributed by atoms with E-state index in [-0.39, 0.29) is 5.82 Å². The van der Waals surface area contributed by atoms with Gasteiger partial charge in [-0.15, -0.1) is 6.58 Å². The quantitative estimate of drug-likeness (QED) is 0.375. The molecule has 3 aromatic rings. The molecule has 3 N–H and O–H groups in total. The van der Waals surface area contributed by atoms with Gasteiger partial charge in [0.2, 0.25) is 5.95 Å². The van der Waals surface area contributed by atoms with E-state index in [1.54, 1.807) is 19.1 Å². The lowest BCUT2D eigenvalue weighted by molar-refractivity contribution is 0.619. The molecule has 5 nitrogen and oxygen atoms in total. The second kappa shape index (κ2) is 9.32. The summed E-state index contributed by atoms with van der Waals surface area (Å²) in [7, 11) is 0. The minimum Gasteiger partial charge on any atom is -0.366 e. The zero-order valence-corrected chi connectivity index (χ0v) is 19.0. The van der Waals surface area contributed by atoms with Gasteiger partial charge in [0.1, 0.15) is 11.6 Å². The topological polar surface area (TPSA) is 61.9 Å². The Morgan fingerprint density at radius 3 is 2.85 bits per heavy atom. The van der Waals surface area contributed by atoms with Crippen LogP contribution in [0.3, 0.4) is 0 Å². The van der Waals surface area contributed by atoms with E-state index in [1.807, 2.05) is 6.08 Å². The highest BCUT2D eigenvalue weighted by molar-refractivity contribution is 5.98. The Morgan fingerprint density at radius 2 is 2.12 bits per heavy atom. The van der Waals surface area contributed by atoms with Crippen molar-refractivity contribution in [3.05, 3.63) is 72.1 Å². The van der Waals surface area contributed by atoms with Gasteiger partial charge in [-0.05, 0) is 80.5 Å². The number of para-hydroxylation sites is 1. The third-order valence-corrected chi connectivity index (χ3v) is 6.48. The number of anilines is 3. The molecule has 2 aliphatic rings. The van der Waals surface area contributed by atoms with Crippen LogP contribution in [0.25, 0.3) is 16.5 Å². The van der Waals surface area contributed by atoms with Gasteiger partial charge in [-0.3, -0.25) is 0 Å². The molecule has 1 fully saturated rings. The Hall–Kier alpha value is -3.25. The number of benzene rings is 2. The van der Waals surface area contributed by atoms with E-state index in [1.165, 1.54) is 24.5 Å². The molecule has 1 aliphatic heterocycles. The number of aryl methyl sites for hydroxylation is 1. The Bertz CT molecular complexity index is 1210. The van der Waals surface area contributed by atoms with E-state index in [4.69, 9.17) is 9.97 Å². The summed E-state index contributed by atoms with van der Waals surface area (Å²) in [5.41, 5.74) is 4.72. The average molecular weight is 444 g/mol. The summed E-state index contributed by atoms with van der Waals surface area (Å²) in [5.74, 6) is 1.77. The molecule has 33 heavy (non-hydrogen) atoms. The van der Waals surface area contributed by atoms with Crippen LogP contribution in [-0.4, -0.2) is 29.1 Å². The van der Waals surface area contributed by atoms with E-state index in [2.05, 4.69) is 46.8 Å². The molecule has 0 amide bonds. The Balaban J connectivity index is 1.60. The fraction of sp³-hybridized carbons (Fsp3) is 0.333. The summed E-state index contributed by atoms with van der Waals surface area (Å²) in [6.45, 7) is 7.53. The molecular formula is C27H30FN5. The van der Waals surface area contributed by atoms with E-state index in [0.717, 1.165) is 53.9 Å². The highest BCUT2D eigenvalue weighted by Gasteiger charge is 2.31. The number of rotatable bonds is 8. The molecule has 1 aliphatic carbocycles. The third-order valence-electron chi connectivity index (χ3n) is 6.48. The van der Waals surface area contributed by atoms with Crippen LogP contribution < -0.4 is 16.0 Å². The summed E-state index contributed by atoms with van der Waals surface area (Å²) < 4.78 is 13.8. The standard InChI is InChI=1S/C27H30FN5/c1-3-5-24(19-8-9-19)31-26-22-7-4-6-21(18-12-14-29-15-13-18)25(22)32-27(33-26)30-20-10-11-23(28)17(2)16-20/h3-4,6-7,10-12,16,19,24,29H,1,5,8-9,13-15H2,2H3,(H2,30,31,32,33)/t24-/m1/s1. The molecule has 0 spiro atoms. The average Bonchev–Trinajstić information content (AvgIpc) is 3.67. The molecule has 0 unspecified atom stereocenters. The molecule has 1 saturated carbocycles. The number of hydrogen-bond donors (Lipinski definition) is 3. The van der Waals surface area contributed by atoms with E-state index in [9.17, 15) is 4.39 Å². The summed E-state index contributed by atoms with van der Waals surface area (Å²) in [6.07, 6.45) is 8.55. The van der Waals surface area contributed by atoms with Gasteiger partial charge in [0.15, 0.2) is 0 Å². The van der Waals surface area contributed by atoms with Crippen LogP contribution in [0.4, 0.5) is 21.8 Å². The van der Waals surface area contributed by atoms with Crippen molar-refractivity contribution in [1.82, 2.24) is 15.3 Å². The lowest BCUT2D eigenvalue weighted by atomic mass is 9.97. The van der Waals surface area contributed by atoms with Gasteiger partial charge in [0, 0.05) is 29.2 Å². The van der Waals surface area contributed by atoms with Crippen molar-refractivity contribution in [3.63, 3.8) is 0 Å². The normalized spacial score (nSPS) is 16.8. The van der Waals surface area contributed by atoms with Crippen LogP contribution in [0.2, 0.25) is 0 Å². The molecule has 1 atom stereocenters. The predicted molar refractivity (Wildman–Crippen MR) is 134 cm³/mol. The minimum atomic E-state index is -0.223. The number of halogens is 1. The zero-order chi connectivity index (χ0) is 22.8. The maximum Gasteiger partial charge on any atom is 0.229 e. The van der Waals surface area contributed by atoms with Crippen LogP contribution >= 0.6 is 0 Å². The van der Waals surface area contributed by atoms with Crippen LogP contribution in [0, 0.1) is 18.7 Å². The molecule has 170 valence electrons. The highest BCUT2D eigenvalue weighted by Crippen LogP contribution is 2.38. The number of aromatic nitrogens is 2. The lowest BCUT2D eigenvalue weighted by Gasteiger charge is -2.21. The summed E-state index contributed by atoms with van der Waals surface area (Å²) in [6, 6.07) is 11.6. The first-order chi connectivity index (χ1) is 16.1. The number of nitrogens with zero attached hydrogens (tertiary/aromatic N) is 2. The molecule has 6 heteroatoms. The second-order valence-corrected chi connectivity index (χ2v) is 8.98. The van der Waals surface area contributed by atoms with Crippen LogP contribution in [0.15, 0.2) is 55.1 Å². The molecule has 2 aromatic carbocycles. The van der Waals surface area contributed by atoms with Crippen LogP contribution in [0.5, 0.6) is 0 Å². The van der Waals surface area contributed by atoms with Gasteiger partial charge in [-0.2, -0.15) is 4.98 Å². The van der Waals surface area contributed by atoms with Gasteiger partial charge in [-0.25, -0.2) is 9.37 Å². The van der Waals surface area contributed by atoms with Crippen molar-refractivity contribution in [3.8, 4) is 0 Å². The van der Waals surface area contributed by atoms with Gasteiger partial charge in [-0.1, -0.05) is 24.3 Å². The second-order valence-electron chi connectivity index (χ2n) is 8.98. The fourth-order valence-electron chi connectivity index (χ4n) is 4.52. The third kappa shape index (κ3) is 4.76. The first-order valence-electron chi connectivity index (χ1n) is 11.7. The molecule has 2 heterocycles. The van der Waals surface area contributed by atoms with Crippen molar-refractivity contribution in [1.29, 1.82) is 0 Å². The van der Waals surface area contributed by atoms with Crippen molar-refractivity contribution < 1.29 is 4.39 Å². The largest absolute Gasteiger partial charge is 0.366 e. The maximum absolute atomic E-state index is 13.8. The number of fused-ring (bicyclic) bond motifs is 1. The van der Waals surface area contributed by atoms with Crippen molar-refractivity contribution in [2.24, 2.45) is 5.92 Å². The predicted octanol–water partition coefficient (Wildman–Crippen LogP) is 5.96. The monoisotopic (exact) mass is 443 g/mol. The summed E-state index contributed by atoms with van der Waals surface area (Å²) >= 11 is 0. The van der Waals surface area contributed by atoms with Crippen molar-refractivity contribution >= 4 is 33.9 Å². The SMILES string of the molecule is C=CC[C@@H](Nc1nc(Nc2ccc(F)c(C)c2)nc2c(C3=CCNCC3)cccc12)C1CC1. The smallest absolute Gasteiger partial charge is 0.229 e. The number of hydrogen-bond acceptors (Lipinski definition) is 5. The molecule has 0 bridgehead atoms. The summed E-state index contributed by atoms with van der Waals surface area (Å²) in [4.78, 5) is 9.81. The molecule has 1 aromatic heterocycles. The molecule has 0 radical (unpaired) electrons. The van der Waals surface area contributed by atoms with Crippen molar-refractivity contribution in [2.75, 3.05) is 23.7 Å². The van der Waals surface area contributed by atoms with E-state index < -0.39 is 0 Å². The zero-order valence-electron chi connectivity index (χ0n) is 19.0.